The molecular formula is C23H22N8O6. The summed E-state index contributed by atoms with van der Waals surface area (Å²) in [6.07, 6.45) is 4.12. The molecule has 0 radical (unpaired) electrons. The van der Waals surface area contributed by atoms with Gasteiger partial charge in [0, 0.05) is 26.9 Å². The number of rotatable bonds is 9. The van der Waals surface area contributed by atoms with Crippen LogP contribution in [-0.4, -0.2) is 35.7 Å². The van der Waals surface area contributed by atoms with Crippen LogP contribution < -0.4 is 22.0 Å². The van der Waals surface area contributed by atoms with Gasteiger partial charge in [-0.25, -0.2) is 10.2 Å². The standard InChI is InChI=1S/C23H22N8O6/c1-28-20-19(21(33)29(2)23(28)34)30(22(26-20)24-13-15-7-4-3-5-8-15)14-17(32)27-25-12-6-9-16-10-11-18(37-16)31(35)36/h3-12H,13-14H2,1-2H3,(H,24,26)(H,27,32). The Labute approximate surface area is 208 Å². The van der Waals surface area contributed by atoms with E-state index >= 15 is 0 Å². The Kier molecular flexibility index (Phi) is 7.09. The maximum Gasteiger partial charge on any atom is 0.433 e. The lowest BCUT2D eigenvalue weighted by Gasteiger charge is -2.10. The van der Waals surface area contributed by atoms with Crippen molar-refractivity contribution in [1.82, 2.24) is 24.1 Å². The third kappa shape index (κ3) is 5.37. The van der Waals surface area contributed by atoms with Crippen LogP contribution in [-0.2, 0) is 32.0 Å². The van der Waals surface area contributed by atoms with E-state index in [1.807, 2.05) is 30.3 Å². The molecule has 0 bridgehead atoms. The average molecular weight is 506 g/mol. The highest BCUT2D eigenvalue weighted by atomic mass is 16.6. The zero-order chi connectivity index (χ0) is 26.5. The summed E-state index contributed by atoms with van der Waals surface area (Å²) in [6.45, 7) is 0.0560. The number of furan rings is 1. The van der Waals surface area contributed by atoms with Gasteiger partial charge in [0.05, 0.1) is 6.07 Å². The molecule has 1 aromatic carbocycles. The van der Waals surface area contributed by atoms with Crippen molar-refractivity contribution in [2.24, 2.45) is 19.2 Å². The van der Waals surface area contributed by atoms with E-state index in [1.165, 1.54) is 53.7 Å². The van der Waals surface area contributed by atoms with Crippen molar-refractivity contribution < 1.29 is 14.1 Å². The van der Waals surface area contributed by atoms with E-state index in [0.29, 0.717) is 6.54 Å². The molecule has 0 atom stereocenters. The number of hydrazone groups is 1. The second-order valence-electron chi connectivity index (χ2n) is 7.84. The van der Waals surface area contributed by atoms with Crippen LogP contribution in [0.15, 0.2) is 67.6 Å². The van der Waals surface area contributed by atoms with E-state index in [4.69, 9.17) is 4.42 Å². The first-order valence-corrected chi connectivity index (χ1v) is 10.9. The van der Waals surface area contributed by atoms with Crippen molar-refractivity contribution in [3.63, 3.8) is 0 Å². The minimum absolute atomic E-state index is 0.0820. The highest BCUT2D eigenvalue weighted by Gasteiger charge is 2.20. The first kappa shape index (κ1) is 24.8. The topological polar surface area (TPSA) is 172 Å². The summed E-state index contributed by atoms with van der Waals surface area (Å²) in [5.41, 5.74) is 2.37. The molecule has 0 aliphatic rings. The lowest BCUT2D eigenvalue weighted by molar-refractivity contribution is -0.402. The number of nitrogens with zero attached hydrogens (tertiary/aromatic N) is 6. The Morgan fingerprint density at radius 2 is 1.92 bits per heavy atom. The van der Waals surface area contributed by atoms with Gasteiger partial charge in [0.2, 0.25) is 5.95 Å². The molecule has 4 rings (SSSR count). The molecule has 14 nitrogen and oxygen atoms in total. The zero-order valence-corrected chi connectivity index (χ0v) is 19.8. The first-order chi connectivity index (χ1) is 17.8. The first-order valence-electron chi connectivity index (χ1n) is 10.9. The summed E-state index contributed by atoms with van der Waals surface area (Å²) in [5, 5.41) is 17.6. The molecule has 4 aromatic rings. The second-order valence-corrected chi connectivity index (χ2v) is 7.84. The van der Waals surface area contributed by atoms with Gasteiger partial charge in [-0.2, -0.15) is 10.1 Å². The number of allylic oxidation sites excluding steroid dienone is 1. The van der Waals surface area contributed by atoms with Crippen LogP contribution in [0.3, 0.4) is 0 Å². The molecule has 37 heavy (non-hydrogen) atoms. The number of carbonyl (C=O) groups excluding carboxylic acids is 1. The van der Waals surface area contributed by atoms with E-state index < -0.39 is 28.0 Å². The summed E-state index contributed by atoms with van der Waals surface area (Å²) in [5.74, 6) is -0.477. The van der Waals surface area contributed by atoms with Gasteiger partial charge in [-0.3, -0.25) is 33.4 Å². The van der Waals surface area contributed by atoms with Crippen molar-refractivity contribution in [2.45, 2.75) is 13.1 Å². The molecule has 0 aliphatic carbocycles. The molecule has 0 unspecified atom stereocenters. The number of benzene rings is 1. The Balaban J connectivity index is 1.54. The van der Waals surface area contributed by atoms with Gasteiger partial charge in [0.15, 0.2) is 11.2 Å². The van der Waals surface area contributed by atoms with Gasteiger partial charge in [0.25, 0.3) is 11.5 Å². The van der Waals surface area contributed by atoms with Gasteiger partial charge in [0.1, 0.15) is 17.2 Å². The molecule has 190 valence electrons. The number of anilines is 1. The Morgan fingerprint density at radius 3 is 2.62 bits per heavy atom. The van der Waals surface area contributed by atoms with Gasteiger partial charge in [-0.05, 0) is 23.8 Å². The summed E-state index contributed by atoms with van der Waals surface area (Å²) >= 11 is 0. The fourth-order valence-electron chi connectivity index (χ4n) is 3.51. The predicted molar refractivity (Wildman–Crippen MR) is 135 cm³/mol. The number of aromatic nitrogens is 4. The van der Waals surface area contributed by atoms with Gasteiger partial charge in [-0.1, -0.05) is 30.3 Å². The molecule has 0 aliphatic heterocycles. The molecule has 0 fully saturated rings. The fourth-order valence-corrected chi connectivity index (χ4v) is 3.51. The number of aryl methyl sites for hydroxylation is 1. The minimum Gasteiger partial charge on any atom is -0.401 e. The number of imidazole rings is 1. The van der Waals surface area contributed by atoms with Gasteiger partial charge < -0.3 is 9.73 Å². The van der Waals surface area contributed by atoms with E-state index in [9.17, 15) is 24.5 Å². The van der Waals surface area contributed by atoms with Crippen molar-refractivity contribution in [1.29, 1.82) is 0 Å². The van der Waals surface area contributed by atoms with Crippen LogP contribution in [0.1, 0.15) is 11.3 Å². The Hall–Kier alpha value is -5.27. The number of fused-ring (bicyclic) bond motifs is 1. The van der Waals surface area contributed by atoms with Crippen molar-refractivity contribution in [3.05, 3.63) is 90.8 Å². The molecule has 0 saturated heterocycles. The second kappa shape index (κ2) is 10.6. The number of hydrogen-bond acceptors (Lipinski definition) is 9. The van der Waals surface area contributed by atoms with Crippen LogP contribution in [0, 0.1) is 10.1 Å². The third-order valence-corrected chi connectivity index (χ3v) is 5.35. The summed E-state index contributed by atoms with van der Waals surface area (Å²) in [4.78, 5) is 52.3. The van der Waals surface area contributed by atoms with Gasteiger partial charge in [-0.15, -0.1) is 0 Å². The smallest absolute Gasteiger partial charge is 0.401 e. The van der Waals surface area contributed by atoms with E-state index in [1.54, 1.807) is 0 Å². The van der Waals surface area contributed by atoms with E-state index in [-0.39, 0.29) is 29.4 Å². The normalized spacial score (nSPS) is 11.5. The monoisotopic (exact) mass is 506 g/mol. The maximum absolute atomic E-state index is 12.9. The summed E-state index contributed by atoms with van der Waals surface area (Å²) in [7, 11) is 2.84. The fraction of sp³-hybridized carbons (Fsp3) is 0.174. The molecule has 1 amide bonds. The zero-order valence-electron chi connectivity index (χ0n) is 19.8. The number of nitrogens with one attached hydrogen (secondary N) is 2. The van der Waals surface area contributed by atoms with E-state index in [0.717, 1.165) is 10.1 Å². The summed E-state index contributed by atoms with van der Waals surface area (Å²) in [6, 6.07) is 12.1. The number of hydrogen-bond donors (Lipinski definition) is 2. The highest BCUT2D eigenvalue weighted by molar-refractivity contribution is 5.83. The highest BCUT2D eigenvalue weighted by Crippen LogP contribution is 2.17. The maximum atomic E-state index is 12.9. The largest absolute Gasteiger partial charge is 0.433 e. The minimum atomic E-state index is -0.653. The molecular weight excluding hydrogens is 484 g/mol. The van der Waals surface area contributed by atoms with Crippen LogP contribution in [0.5, 0.6) is 0 Å². The molecule has 0 saturated carbocycles. The quantitative estimate of drug-likeness (QED) is 0.195. The molecule has 0 spiro atoms. The van der Waals surface area contributed by atoms with Crippen molar-refractivity contribution >= 4 is 41.2 Å². The number of amides is 1. The summed E-state index contributed by atoms with van der Waals surface area (Å²) < 4.78 is 8.56. The number of carbonyl (C=O) groups is 1. The Bertz CT molecular complexity index is 1640. The lowest BCUT2D eigenvalue weighted by Crippen LogP contribution is -2.38. The van der Waals surface area contributed by atoms with Crippen molar-refractivity contribution in [2.75, 3.05) is 5.32 Å². The molecule has 14 heteroatoms. The third-order valence-electron chi connectivity index (χ3n) is 5.35. The predicted octanol–water partition coefficient (Wildman–Crippen LogP) is 1.36. The van der Waals surface area contributed by atoms with Crippen molar-refractivity contribution in [3.8, 4) is 0 Å². The number of nitro groups is 1. The SMILES string of the molecule is Cn1c(=O)c2c(nc(NCc3ccccc3)n2CC(=O)NN=CC=Cc2ccc([N+](=O)[O-])o2)n(C)c1=O. The molecule has 3 heterocycles. The lowest BCUT2D eigenvalue weighted by atomic mass is 10.2. The van der Waals surface area contributed by atoms with Crippen LogP contribution in [0.2, 0.25) is 0 Å². The van der Waals surface area contributed by atoms with Crippen LogP contribution >= 0.6 is 0 Å². The van der Waals surface area contributed by atoms with E-state index in [2.05, 4.69) is 20.8 Å². The Morgan fingerprint density at radius 1 is 1.16 bits per heavy atom. The van der Waals surface area contributed by atoms with Gasteiger partial charge >= 0.3 is 11.6 Å². The molecule has 3 aromatic heterocycles. The average Bonchev–Trinajstić information content (AvgIpc) is 3.51. The van der Waals surface area contributed by atoms with Crippen LogP contribution in [0.4, 0.5) is 11.8 Å². The van der Waals surface area contributed by atoms with Crippen LogP contribution in [0.25, 0.3) is 17.2 Å². The molecule has 2 N–H and O–H groups in total.